The number of rotatable bonds is 4. The Morgan fingerprint density at radius 2 is 1.93 bits per heavy atom. The molecule has 0 atom stereocenters. The maximum absolute atomic E-state index is 13.7. The summed E-state index contributed by atoms with van der Waals surface area (Å²) in [6.07, 6.45) is -0.125. The molecule has 2 heterocycles. The molecule has 0 fully saturated rings. The van der Waals surface area contributed by atoms with Crippen molar-refractivity contribution in [2.45, 2.75) is 43.4 Å². The van der Waals surface area contributed by atoms with Crippen LogP contribution in [-0.2, 0) is 23.8 Å². The minimum Gasteiger partial charge on any atom is -0.369 e. The SMILES string of the molecule is NC(=O)CSc1nc2sc3c(c2c(=O)n1-c1ccccc1C(F)(F)F)CCCCC3. The second-order valence-electron chi connectivity index (χ2n) is 7.05. The summed E-state index contributed by atoms with van der Waals surface area (Å²) in [6.45, 7) is 0. The van der Waals surface area contributed by atoms with Crippen molar-refractivity contribution in [3.63, 3.8) is 0 Å². The number of halogens is 3. The number of fused-ring (bicyclic) bond motifs is 3. The Morgan fingerprint density at radius 3 is 2.67 bits per heavy atom. The molecule has 0 bridgehead atoms. The topological polar surface area (TPSA) is 78.0 Å². The molecule has 0 radical (unpaired) electrons. The number of nitrogens with zero attached hydrogens (tertiary/aromatic N) is 2. The molecule has 3 aromatic rings. The quantitative estimate of drug-likeness (QED) is 0.363. The van der Waals surface area contributed by atoms with E-state index in [2.05, 4.69) is 4.98 Å². The van der Waals surface area contributed by atoms with Gasteiger partial charge in [-0.2, -0.15) is 13.2 Å². The molecule has 0 saturated carbocycles. The molecule has 1 aromatic carbocycles. The van der Waals surface area contributed by atoms with E-state index in [9.17, 15) is 22.8 Å². The number of thiophene rings is 1. The fourth-order valence-corrected chi connectivity index (χ4v) is 5.76. The zero-order valence-corrected chi connectivity index (χ0v) is 17.4. The highest BCUT2D eigenvalue weighted by Gasteiger charge is 2.35. The summed E-state index contributed by atoms with van der Waals surface area (Å²) in [4.78, 5) is 30.9. The monoisotopic (exact) mass is 453 g/mol. The number of hydrogen-bond acceptors (Lipinski definition) is 5. The van der Waals surface area contributed by atoms with E-state index in [1.54, 1.807) is 0 Å². The summed E-state index contributed by atoms with van der Waals surface area (Å²) in [5, 5.41) is 0.414. The molecule has 1 aliphatic carbocycles. The van der Waals surface area contributed by atoms with Gasteiger partial charge in [-0.3, -0.25) is 14.2 Å². The lowest BCUT2D eigenvalue weighted by Crippen LogP contribution is -2.25. The van der Waals surface area contributed by atoms with Gasteiger partial charge in [0.1, 0.15) is 4.83 Å². The predicted octanol–water partition coefficient (Wildman–Crippen LogP) is 4.31. The van der Waals surface area contributed by atoms with Gasteiger partial charge in [0.2, 0.25) is 5.91 Å². The van der Waals surface area contributed by atoms with Crippen LogP contribution in [0.15, 0.2) is 34.2 Å². The smallest absolute Gasteiger partial charge is 0.369 e. The van der Waals surface area contributed by atoms with Gasteiger partial charge in [0.25, 0.3) is 5.56 Å². The van der Waals surface area contributed by atoms with E-state index < -0.39 is 23.2 Å². The number of alkyl halides is 3. The average molecular weight is 454 g/mol. The van der Waals surface area contributed by atoms with Crippen molar-refractivity contribution in [2.24, 2.45) is 5.73 Å². The lowest BCUT2D eigenvalue weighted by Gasteiger charge is -2.17. The fourth-order valence-electron chi connectivity index (χ4n) is 3.72. The van der Waals surface area contributed by atoms with Gasteiger partial charge >= 0.3 is 6.18 Å². The van der Waals surface area contributed by atoms with Gasteiger partial charge in [0, 0.05) is 4.88 Å². The first-order chi connectivity index (χ1) is 14.3. The van der Waals surface area contributed by atoms with Gasteiger partial charge in [-0.1, -0.05) is 30.3 Å². The minimum absolute atomic E-state index is 0.0272. The van der Waals surface area contributed by atoms with Crippen LogP contribution in [0.4, 0.5) is 13.2 Å². The molecule has 10 heteroatoms. The Morgan fingerprint density at radius 1 is 1.20 bits per heavy atom. The van der Waals surface area contributed by atoms with Gasteiger partial charge in [-0.05, 0) is 43.4 Å². The molecule has 0 saturated heterocycles. The first-order valence-electron chi connectivity index (χ1n) is 9.42. The second kappa shape index (κ2) is 8.07. The zero-order chi connectivity index (χ0) is 21.5. The highest BCUT2D eigenvalue weighted by atomic mass is 32.2. The Kier molecular flexibility index (Phi) is 5.63. The second-order valence-corrected chi connectivity index (χ2v) is 9.08. The molecule has 0 spiro atoms. The van der Waals surface area contributed by atoms with E-state index in [-0.39, 0.29) is 16.6 Å². The molecule has 1 aliphatic rings. The van der Waals surface area contributed by atoms with E-state index in [4.69, 9.17) is 5.73 Å². The molecule has 2 aromatic heterocycles. The summed E-state index contributed by atoms with van der Waals surface area (Å²) in [5.74, 6) is -0.844. The average Bonchev–Trinajstić information content (AvgIpc) is 2.87. The largest absolute Gasteiger partial charge is 0.418 e. The predicted molar refractivity (Wildman–Crippen MR) is 111 cm³/mol. The van der Waals surface area contributed by atoms with E-state index in [1.807, 2.05) is 0 Å². The van der Waals surface area contributed by atoms with Gasteiger partial charge in [0.05, 0.1) is 22.4 Å². The molecule has 2 N–H and O–H groups in total. The standard InChI is InChI=1S/C20H18F3N3O2S2/c21-20(22,23)12-7-4-5-8-13(12)26-18(28)16-11-6-2-1-3-9-14(11)30-17(16)25-19(26)29-10-15(24)27/h4-5,7-8H,1-3,6,9-10H2,(H2,24,27). The van der Waals surface area contributed by atoms with Crippen molar-refractivity contribution in [1.82, 2.24) is 9.55 Å². The Hall–Kier alpha value is -2.33. The minimum atomic E-state index is -4.65. The molecule has 5 nitrogen and oxygen atoms in total. The molecule has 4 rings (SSSR count). The summed E-state index contributed by atoms with van der Waals surface area (Å²) in [7, 11) is 0. The van der Waals surface area contributed by atoms with Crippen molar-refractivity contribution in [1.29, 1.82) is 0 Å². The highest BCUT2D eigenvalue weighted by molar-refractivity contribution is 7.99. The zero-order valence-electron chi connectivity index (χ0n) is 15.8. The number of nitrogens with two attached hydrogens (primary N) is 1. The van der Waals surface area contributed by atoms with Crippen LogP contribution in [-0.4, -0.2) is 21.2 Å². The molecule has 0 unspecified atom stereocenters. The van der Waals surface area contributed by atoms with Gasteiger partial charge in [0.15, 0.2) is 5.16 Å². The number of benzene rings is 1. The first-order valence-corrected chi connectivity index (χ1v) is 11.2. The van der Waals surface area contributed by atoms with Crippen LogP contribution in [0.5, 0.6) is 0 Å². The third kappa shape index (κ3) is 3.85. The van der Waals surface area contributed by atoms with Crippen LogP contribution >= 0.6 is 23.1 Å². The molecular formula is C20H18F3N3O2S2. The van der Waals surface area contributed by atoms with Gasteiger partial charge in [-0.25, -0.2) is 4.98 Å². The number of thioether (sulfide) groups is 1. The van der Waals surface area contributed by atoms with Crippen LogP contribution in [0.3, 0.4) is 0 Å². The number of hydrogen-bond donors (Lipinski definition) is 1. The maximum Gasteiger partial charge on any atom is 0.418 e. The van der Waals surface area contributed by atoms with Crippen LogP contribution in [0.2, 0.25) is 0 Å². The van der Waals surface area contributed by atoms with E-state index in [0.717, 1.165) is 58.5 Å². The molecule has 1 amide bonds. The summed E-state index contributed by atoms with van der Waals surface area (Å²) in [5.41, 5.74) is 4.35. The van der Waals surface area contributed by atoms with Crippen LogP contribution < -0.4 is 11.3 Å². The van der Waals surface area contributed by atoms with Crippen LogP contribution in [0, 0.1) is 0 Å². The van der Waals surface area contributed by atoms with Crippen molar-refractivity contribution in [3.05, 3.63) is 50.6 Å². The lowest BCUT2D eigenvalue weighted by atomic mass is 10.1. The Labute approximate surface area is 178 Å². The Bertz CT molecular complexity index is 1180. The highest BCUT2D eigenvalue weighted by Crippen LogP contribution is 2.37. The number of carbonyl (C=O) groups excluding carboxylic acids is 1. The number of carbonyl (C=O) groups is 1. The summed E-state index contributed by atoms with van der Waals surface area (Å²) in [6, 6.07) is 4.90. The molecule has 158 valence electrons. The third-order valence-electron chi connectivity index (χ3n) is 5.00. The maximum atomic E-state index is 13.7. The van der Waals surface area contributed by atoms with E-state index >= 15 is 0 Å². The van der Waals surface area contributed by atoms with Crippen molar-refractivity contribution >= 4 is 39.2 Å². The normalized spacial score (nSPS) is 14.5. The van der Waals surface area contributed by atoms with E-state index in [1.165, 1.54) is 29.5 Å². The number of aryl methyl sites for hydroxylation is 2. The van der Waals surface area contributed by atoms with Gasteiger partial charge < -0.3 is 5.73 Å². The molecule has 30 heavy (non-hydrogen) atoms. The molecule has 0 aliphatic heterocycles. The number of primary amides is 1. The lowest BCUT2D eigenvalue weighted by molar-refractivity contribution is -0.137. The first kappa shape index (κ1) is 20.9. The van der Waals surface area contributed by atoms with E-state index in [0.29, 0.717) is 16.6 Å². The Balaban J connectivity index is 2.03. The summed E-state index contributed by atoms with van der Waals surface area (Å²) < 4.78 is 42.0. The number of aromatic nitrogens is 2. The van der Waals surface area contributed by atoms with Crippen LogP contribution in [0.25, 0.3) is 15.9 Å². The van der Waals surface area contributed by atoms with Crippen molar-refractivity contribution < 1.29 is 18.0 Å². The molecular weight excluding hydrogens is 435 g/mol. The van der Waals surface area contributed by atoms with Crippen LogP contribution in [0.1, 0.15) is 35.3 Å². The van der Waals surface area contributed by atoms with Crippen molar-refractivity contribution in [3.8, 4) is 5.69 Å². The summed E-state index contributed by atoms with van der Waals surface area (Å²) >= 11 is 2.28. The number of amides is 1. The fraction of sp³-hybridized carbons (Fsp3) is 0.350. The number of para-hydroxylation sites is 1. The van der Waals surface area contributed by atoms with Gasteiger partial charge in [-0.15, -0.1) is 11.3 Å². The third-order valence-corrected chi connectivity index (χ3v) is 7.15. The van der Waals surface area contributed by atoms with Crippen molar-refractivity contribution in [2.75, 3.05) is 5.75 Å².